The van der Waals surface area contributed by atoms with E-state index in [4.69, 9.17) is 0 Å². The fourth-order valence-corrected chi connectivity index (χ4v) is 3.63. The molecule has 0 amide bonds. The van der Waals surface area contributed by atoms with Crippen molar-refractivity contribution in [2.75, 3.05) is 6.54 Å². The summed E-state index contributed by atoms with van der Waals surface area (Å²) >= 11 is 0. The Kier molecular flexibility index (Phi) is 3.60. The second-order valence-electron chi connectivity index (χ2n) is 8.16. The lowest BCUT2D eigenvalue weighted by atomic mass is 9.69. The number of nitrogens with one attached hydrogen (secondary N) is 1. The zero-order valence-electron chi connectivity index (χ0n) is 12.5. The Morgan fingerprint density at radius 2 is 1.71 bits per heavy atom. The van der Waals surface area contributed by atoms with Gasteiger partial charge in [-0.2, -0.15) is 0 Å². The Labute approximate surface area is 108 Å². The van der Waals surface area contributed by atoms with E-state index in [1.165, 1.54) is 38.6 Å². The van der Waals surface area contributed by atoms with Crippen molar-refractivity contribution in [2.24, 2.45) is 22.7 Å². The molecular weight excluding hydrogens is 206 g/mol. The van der Waals surface area contributed by atoms with Gasteiger partial charge in [0.25, 0.3) is 0 Å². The molecule has 2 aliphatic rings. The molecule has 0 aromatic heterocycles. The Morgan fingerprint density at radius 3 is 2.24 bits per heavy atom. The molecule has 0 spiro atoms. The van der Waals surface area contributed by atoms with Crippen LogP contribution in [-0.4, -0.2) is 12.6 Å². The minimum atomic E-state index is 0.469. The monoisotopic (exact) mass is 237 g/mol. The second-order valence-corrected chi connectivity index (χ2v) is 8.16. The third-order valence-electron chi connectivity index (χ3n) is 5.22. The van der Waals surface area contributed by atoms with Gasteiger partial charge >= 0.3 is 0 Å². The molecule has 0 radical (unpaired) electrons. The SMILES string of the molecule is CC(C)(C)C1CCCCC1NCC1CC1(C)C. The minimum Gasteiger partial charge on any atom is -0.313 e. The van der Waals surface area contributed by atoms with E-state index in [1.54, 1.807) is 0 Å². The van der Waals surface area contributed by atoms with Crippen LogP contribution in [0.5, 0.6) is 0 Å². The van der Waals surface area contributed by atoms with Crippen molar-refractivity contribution < 1.29 is 0 Å². The molecule has 0 saturated heterocycles. The van der Waals surface area contributed by atoms with Crippen molar-refractivity contribution in [2.45, 2.75) is 72.8 Å². The predicted octanol–water partition coefficient (Wildman–Crippen LogP) is 4.23. The van der Waals surface area contributed by atoms with Gasteiger partial charge in [0.1, 0.15) is 0 Å². The van der Waals surface area contributed by atoms with Crippen LogP contribution in [0.25, 0.3) is 0 Å². The highest BCUT2D eigenvalue weighted by Gasteiger charge is 2.45. The van der Waals surface area contributed by atoms with Crippen LogP contribution in [-0.2, 0) is 0 Å². The highest BCUT2D eigenvalue weighted by molar-refractivity contribution is 4.97. The van der Waals surface area contributed by atoms with Crippen molar-refractivity contribution in [1.82, 2.24) is 5.32 Å². The normalized spacial score (nSPS) is 36.9. The standard InChI is InChI=1S/C16H31N/c1-15(2,3)13-8-6-7-9-14(13)17-11-12-10-16(12,4)5/h12-14,17H,6-11H2,1-5H3. The van der Waals surface area contributed by atoms with Crippen molar-refractivity contribution in [3.05, 3.63) is 0 Å². The van der Waals surface area contributed by atoms with Gasteiger partial charge in [-0.3, -0.25) is 0 Å². The lowest BCUT2D eigenvalue weighted by Gasteiger charge is -2.41. The highest BCUT2D eigenvalue weighted by atomic mass is 14.9. The molecule has 0 aromatic carbocycles. The quantitative estimate of drug-likeness (QED) is 0.774. The van der Waals surface area contributed by atoms with E-state index in [0.717, 1.165) is 17.9 Å². The van der Waals surface area contributed by atoms with E-state index in [0.29, 0.717) is 10.8 Å². The van der Waals surface area contributed by atoms with Crippen LogP contribution >= 0.6 is 0 Å². The van der Waals surface area contributed by atoms with E-state index in [2.05, 4.69) is 39.9 Å². The topological polar surface area (TPSA) is 12.0 Å². The van der Waals surface area contributed by atoms with Gasteiger partial charge in [0, 0.05) is 6.04 Å². The molecule has 3 atom stereocenters. The molecule has 2 fully saturated rings. The summed E-state index contributed by atoms with van der Waals surface area (Å²) in [4.78, 5) is 0. The smallest absolute Gasteiger partial charge is 0.0100 e. The maximum atomic E-state index is 3.90. The summed E-state index contributed by atoms with van der Waals surface area (Å²) in [7, 11) is 0. The van der Waals surface area contributed by atoms with E-state index in [1.807, 2.05) is 0 Å². The fourth-order valence-electron chi connectivity index (χ4n) is 3.63. The number of rotatable bonds is 3. The average molecular weight is 237 g/mol. The Morgan fingerprint density at radius 1 is 1.12 bits per heavy atom. The van der Waals surface area contributed by atoms with Crippen LogP contribution in [0.1, 0.15) is 66.7 Å². The summed E-state index contributed by atoms with van der Waals surface area (Å²) in [5, 5.41) is 3.90. The zero-order valence-corrected chi connectivity index (χ0v) is 12.5. The molecule has 0 aromatic rings. The zero-order chi connectivity index (χ0) is 12.7. The van der Waals surface area contributed by atoms with Gasteiger partial charge in [-0.1, -0.05) is 47.5 Å². The van der Waals surface area contributed by atoms with Crippen LogP contribution in [0.4, 0.5) is 0 Å². The molecule has 1 nitrogen and oxygen atoms in total. The molecule has 0 heterocycles. The van der Waals surface area contributed by atoms with Gasteiger partial charge in [-0.15, -0.1) is 0 Å². The van der Waals surface area contributed by atoms with E-state index in [-0.39, 0.29) is 0 Å². The Bertz CT molecular complexity index is 261. The van der Waals surface area contributed by atoms with E-state index >= 15 is 0 Å². The summed E-state index contributed by atoms with van der Waals surface area (Å²) < 4.78 is 0. The van der Waals surface area contributed by atoms with Crippen molar-refractivity contribution in [3.63, 3.8) is 0 Å². The first-order chi connectivity index (χ1) is 7.81. The predicted molar refractivity (Wildman–Crippen MR) is 75.1 cm³/mol. The summed E-state index contributed by atoms with van der Waals surface area (Å²) in [6.07, 6.45) is 7.12. The summed E-state index contributed by atoms with van der Waals surface area (Å²) in [5.74, 6) is 1.81. The molecule has 2 rings (SSSR count). The lowest BCUT2D eigenvalue weighted by Crippen LogP contribution is -2.45. The Hall–Kier alpha value is -0.0400. The average Bonchev–Trinajstić information content (AvgIpc) is 2.83. The molecule has 0 aliphatic heterocycles. The number of hydrogen-bond acceptors (Lipinski definition) is 1. The van der Waals surface area contributed by atoms with Gasteiger partial charge in [0.2, 0.25) is 0 Å². The van der Waals surface area contributed by atoms with E-state index in [9.17, 15) is 0 Å². The van der Waals surface area contributed by atoms with Crippen LogP contribution < -0.4 is 5.32 Å². The van der Waals surface area contributed by atoms with Crippen LogP contribution in [0.2, 0.25) is 0 Å². The number of hydrogen-bond donors (Lipinski definition) is 1. The summed E-state index contributed by atoms with van der Waals surface area (Å²) in [5.41, 5.74) is 1.09. The third kappa shape index (κ3) is 3.24. The maximum Gasteiger partial charge on any atom is 0.0100 e. The molecule has 17 heavy (non-hydrogen) atoms. The highest BCUT2D eigenvalue weighted by Crippen LogP contribution is 2.51. The second kappa shape index (κ2) is 4.57. The van der Waals surface area contributed by atoms with Crippen LogP contribution in [0, 0.1) is 22.7 Å². The fraction of sp³-hybridized carbons (Fsp3) is 1.00. The third-order valence-corrected chi connectivity index (χ3v) is 5.22. The van der Waals surface area contributed by atoms with Gasteiger partial charge in [0.05, 0.1) is 0 Å². The molecule has 3 unspecified atom stereocenters. The summed E-state index contributed by atoms with van der Waals surface area (Å²) in [6.45, 7) is 13.3. The molecule has 2 aliphatic carbocycles. The van der Waals surface area contributed by atoms with Crippen molar-refractivity contribution in [3.8, 4) is 0 Å². The first kappa shape index (κ1) is 13.4. The molecule has 2 saturated carbocycles. The molecule has 100 valence electrons. The minimum absolute atomic E-state index is 0.469. The van der Waals surface area contributed by atoms with Crippen molar-refractivity contribution in [1.29, 1.82) is 0 Å². The molecule has 1 N–H and O–H groups in total. The molecular formula is C16H31N. The van der Waals surface area contributed by atoms with E-state index < -0.39 is 0 Å². The van der Waals surface area contributed by atoms with Crippen molar-refractivity contribution >= 4 is 0 Å². The first-order valence-electron chi connectivity index (χ1n) is 7.54. The van der Waals surface area contributed by atoms with Gasteiger partial charge in [0.15, 0.2) is 0 Å². The largest absolute Gasteiger partial charge is 0.313 e. The van der Waals surface area contributed by atoms with Gasteiger partial charge < -0.3 is 5.32 Å². The van der Waals surface area contributed by atoms with Crippen LogP contribution in [0.3, 0.4) is 0 Å². The van der Waals surface area contributed by atoms with Crippen LogP contribution in [0.15, 0.2) is 0 Å². The lowest BCUT2D eigenvalue weighted by molar-refractivity contribution is 0.130. The first-order valence-corrected chi connectivity index (χ1v) is 7.54. The maximum absolute atomic E-state index is 3.90. The molecule has 0 bridgehead atoms. The van der Waals surface area contributed by atoms with Gasteiger partial charge in [-0.25, -0.2) is 0 Å². The Balaban J connectivity index is 1.85. The van der Waals surface area contributed by atoms with Gasteiger partial charge in [-0.05, 0) is 48.5 Å². The summed E-state index contributed by atoms with van der Waals surface area (Å²) in [6, 6.07) is 0.778. The molecule has 1 heteroatoms.